The molecule has 0 saturated carbocycles. The number of hydrogen-bond donors (Lipinski definition) is 1. The van der Waals surface area contributed by atoms with Crippen LogP contribution in [0.25, 0.3) is 22.0 Å². The Bertz CT molecular complexity index is 1170. The fourth-order valence-corrected chi connectivity index (χ4v) is 3.40. The molecular weight excluding hydrogens is 359 g/mol. The van der Waals surface area contributed by atoms with Gasteiger partial charge in [-0.05, 0) is 41.1 Å². The van der Waals surface area contributed by atoms with Crippen molar-refractivity contribution in [1.82, 2.24) is 4.98 Å². The summed E-state index contributed by atoms with van der Waals surface area (Å²) >= 11 is 1.36. The summed E-state index contributed by atoms with van der Waals surface area (Å²) < 4.78 is 13.0. The maximum absolute atomic E-state index is 13.0. The average molecular weight is 372 g/mol. The molecule has 4 aromatic rings. The first kappa shape index (κ1) is 16.9. The van der Waals surface area contributed by atoms with E-state index in [4.69, 9.17) is 0 Å². The van der Waals surface area contributed by atoms with Crippen LogP contribution in [0.5, 0.6) is 0 Å². The van der Waals surface area contributed by atoms with Crippen LogP contribution in [0.2, 0.25) is 0 Å². The van der Waals surface area contributed by atoms with Crippen molar-refractivity contribution in [1.29, 1.82) is 5.26 Å². The second-order valence-corrected chi connectivity index (χ2v) is 6.65. The van der Waals surface area contributed by atoms with E-state index >= 15 is 0 Å². The first-order valence-electron chi connectivity index (χ1n) is 8.17. The summed E-state index contributed by atoms with van der Waals surface area (Å²) in [7, 11) is 0. The molecule has 0 aliphatic heterocycles. The summed E-state index contributed by atoms with van der Waals surface area (Å²) in [6.45, 7) is 0. The Labute approximate surface area is 159 Å². The van der Waals surface area contributed by atoms with Gasteiger partial charge in [-0.1, -0.05) is 36.4 Å². The predicted molar refractivity (Wildman–Crippen MR) is 107 cm³/mol. The van der Waals surface area contributed by atoms with Crippen molar-refractivity contribution in [2.24, 2.45) is 5.10 Å². The molecule has 1 aromatic heterocycles. The third kappa shape index (κ3) is 3.68. The second-order valence-electron chi connectivity index (χ2n) is 5.79. The van der Waals surface area contributed by atoms with Crippen molar-refractivity contribution in [2.75, 3.05) is 5.43 Å². The van der Waals surface area contributed by atoms with E-state index in [2.05, 4.69) is 45.8 Å². The molecule has 6 heteroatoms. The highest BCUT2D eigenvalue weighted by molar-refractivity contribution is 7.12. The molecule has 0 radical (unpaired) electrons. The maximum Gasteiger partial charge on any atom is 0.196 e. The Kier molecular flexibility index (Phi) is 4.60. The highest BCUT2D eigenvalue weighted by Crippen LogP contribution is 2.26. The Morgan fingerprint density at radius 1 is 1.04 bits per heavy atom. The van der Waals surface area contributed by atoms with E-state index in [-0.39, 0.29) is 11.5 Å². The number of nitriles is 1. The Morgan fingerprint density at radius 3 is 2.59 bits per heavy atom. The molecule has 0 aliphatic carbocycles. The minimum Gasteiger partial charge on any atom is -0.277 e. The highest BCUT2D eigenvalue weighted by atomic mass is 32.1. The molecule has 0 saturated heterocycles. The smallest absolute Gasteiger partial charge is 0.196 e. The fraction of sp³-hybridized carbons (Fsp3) is 0. The molecule has 0 fully saturated rings. The number of anilines is 1. The van der Waals surface area contributed by atoms with Crippen LogP contribution in [-0.4, -0.2) is 10.7 Å². The summed E-state index contributed by atoms with van der Waals surface area (Å²) in [6, 6.07) is 22.1. The zero-order chi connectivity index (χ0) is 18.6. The highest BCUT2D eigenvalue weighted by Gasteiger charge is 2.11. The van der Waals surface area contributed by atoms with E-state index in [0.29, 0.717) is 10.7 Å². The number of nitrogens with one attached hydrogen (secondary N) is 1. The van der Waals surface area contributed by atoms with E-state index in [1.54, 1.807) is 12.1 Å². The lowest BCUT2D eigenvalue weighted by atomic mass is 10.1. The van der Waals surface area contributed by atoms with E-state index in [9.17, 15) is 9.65 Å². The van der Waals surface area contributed by atoms with Gasteiger partial charge in [-0.15, -0.1) is 11.3 Å². The quantitative estimate of drug-likeness (QED) is 0.383. The van der Waals surface area contributed by atoms with E-state index in [1.807, 2.05) is 23.6 Å². The van der Waals surface area contributed by atoms with Crippen molar-refractivity contribution in [2.45, 2.75) is 0 Å². The second kappa shape index (κ2) is 7.36. The summed E-state index contributed by atoms with van der Waals surface area (Å²) in [5.74, 6) is -0.329. The Hall–Kier alpha value is -3.56. The van der Waals surface area contributed by atoms with Gasteiger partial charge in [0, 0.05) is 10.9 Å². The van der Waals surface area contributed by atoms with Crippen molar-refractivity contribution in [3.05, 3.63) is 82.9 Å². The van der Waals surface area contributed by atoms with E-state index in [0.717, 1.165) is 16.6 Å². The first-order chi connectivity index (χ1) is 13.2. The molecule has 3 aromatic carbocycles. The van der Waals surface area contributed by atoms with Crippen LogP contribution in [0.4, 0.5) is 10.1 Å². The minimum absolute atomic E-state index is 0.177. The van der Waals surface area contributed by atoms with Crippen LogP contribution in [-0.2, 0) is 0 Å². The zero-order valence-electron chi connectivity index (χ0n) is 14.1. The molecule has 4 nitrogen and oxygen atoms in total. The third-order valence-corrected chi connectivity index (χ3v) is 4.85. The number of nitrogens with zero attached hydrogens (tertiary/aromatic N) is 3. The van der Waals surface area contributed by atoms with Gasteiger partial charge in [0.2, 0.25) is 0 Å². The zero-order valence-corrected chi connectivity index (χ0v) is 14.9. The van der Waals surface area contributed by atoms with Crippen LogP contribution in [0, 0.1) is 17.1 Å². The monoisotopic (exact) mass is 372 g/mol. The number of hydrazone groups is 1. The number of fused-ring (bicyclic) bond motifs is 1. The lowest BCUT2D eigenvalue weighted by Crippen LogP contribution is -2.01. The largest absolute Gasteiger partial charge is 0.277 e. The molecule has 130 valence electrons. The van der Waals surface area contributed by atoms with Gasteiger partial charge in [0.05, 0.1) is 11.4 Å². The molecule has 0 amide bonds. The van der Waals surface area contributed by atoms with Gasteiger partial charge in [0.1, 0.15) is 11.9 Å². The van der Waals surface area contributed by atoms with Gasteiger partial charge >= 0.3 is 0 Å². The molecule has 1 N–H and O–H groups in total. The van der Waals surface area contributed by atoms with Crippen LogP contribution < -0.4 is 5.43 Å². The van der Waals surface area contributed by atoms with Gasteiger partial charge in [-0.2, -0.15) is 10.4 Å². The number of thiazole rings is 1. The third-order valence-electron chi connectivity index (χ3n) is 4.00. The molecular formula is C21H13FN4S. The van der Waals surface area contributed by atoms with Gasteiger partial charge in [0.15, 0.2) is 10.7 Å². The standard InChI is InChI=1S/C21H13FN4S/c22-17-7-9-18(10-8-17)25-26-19(12-23)21-24-20(13-27-21)16-6-5-14-3-1-2-4-15(14)11-16/h1-11,13,25H/b26-19+. The summed E-state index contributed by atoms with van der Waals surface area (Å²) in [6.07, 6.45) is 0. The van der Waals surface area contributed by atoms with Crippen LogP contribution in [0.15, 0.2) is 77.2 Å². The average Bonchev–Trinajstić information content (AvgIpc) is 3.19. The number of rotatable bonds is 4. The Balaban J connectivity index is 1.60. The topological polar surface area (TPSA) is 61.1 Å². The molecule has 4 rings (SSSR count). The maximum atomic E-state index is 13.0. The summed E-state index contributed by atoms with van der Waals surface area (Å²) in [5.41, 5.74) is 5.31. The van der Waals surface area contributed by atoms with Crippen molar-refractivity contribution < 1.29 is 4.39 Å². The number of aromatic nitrogens is 1. The van der Waals surface area contributed by atoms with E-state index < -0.39 is 0 Å². The Morgan fingerprint density at radius 2 is 1.81 bits per heavy atom. The van der Waals surface area contributed by atoms with Gasteiger partial charge in [-0.3, -0.25) is 5.43 Å². The molecule has 0 spiro atoms. The predicted octanol–water partition coefficient (Wildman–Crippen LogP) is 5.44. The van der Waals surface area contributed by atoms with Crippen molar-refractivity contribution >= 4 is 33.5 Å². The normalized spacial score (nSPS) is 11.3. The van der Waals surface area contributed by atoms with Gasteiger partial charge in [0.25, 0.3) is 0 Å². The molecule has 27 heavy (non-hydrogen) atoms. The SMILES string of the molecule is N#C/C(=N\Nc1ccc(F)cc1)c1nc(-c2ccc3ccccc3c2)cs1. The van der Waals surface area contributed by atoms with Crippen LogP contribution in [0.3, 0.4) is 0 Å². The van der Waals surface area contributed by atoms with Crippen molar-refractivity contribution in [3.8, 4) is 17.3 Å². The van der Waals surface area contributed by atoms with Crippen molar-refractivity contribution in [3.63, 3.8) is 0 Å². The van der Waals surface area contributed by atoms with Gasteiger partial charge < -0.3 is 0 Å². The first-order valence-corrected chi connectivity index (χ1v) is 9.05. The lowest BCUT2D eigenvalue weighted by Gasteiger charge is -2.01. The molecule has 0 atom stereocenters. The summed E-state index contributed by atoms with van der Waals surface area (Å²) in [4.78, 5) is 4.55. The molecule has 1 heterocycles. The van der Waals surface area contributed by atoms with Crippen LogP contribution >= 0.6 is 11.3 Å². The summed E-state index contributed by atoms with van der Waals surface area (Å²) in [5, 5.41) is 18.2. The molecule has 0 unspecified atom stereocenters. The lowest BCUT2D eigenvalue weighted by molar-refractivity contribution is 0.628. The van der Waals surface area contributed by atoms with Crippen LogP contribution in [0.1, 0.15) is 5.01 Å². The number of hydrogen-bond acceptors (Lipinski definition) is 5. The molecule has 0 bridgehead atoms. The van der Waals surface area contributed by atoms with Gasteiger partial charge in [-0.25, -0.2) is 9.37 Å². The van der Waals surface area contributed by atoms with E-state index in [1.165, 1.54) is 28.9 Å². The number of halogens is 1. The number of benzene rings is 3. The molecule has 0 aliphatic rings. The minimum atomic E-state index is -0.329. The fourth-order valence-electron chi connectivity index (χ4n) is 2.63.